The van der Waals surface area contributed by atoms with Crippen molar-refractivity contribution in [1.29, 1.82) is 0 Å². The summed E-state index contributed by atoms with van der Waals surface area (Å²) >= 11 is 0. The number of aliphatic hydroxyl groups excluding tert-OH is 1. The van der Waals surface area contributed by atoms with Crippen molar-refractivity contribution in [3.05, 3.63) is 29.6 Å². The zero-order chi connectivity index (χ0) is 12.4. The lowest BCUT2D eigenvalue weighted by atomic mass is 10.1. The summed E-state index contributed by atoms with van der Waals surface area (Å²) in [5, 5.41) is 8.75. The third-order valence-corrected chi connectivity index (χ3v) is 2.78. The SMILES string of the molecule is CN(CCO)C(=O)C1Cc2cc(F)ccc2O1. The highest BCUT2D eigenvalue weighted by molar-refractivity contribution is 5.82. The molecular weight excluding hydrogens is 225 g/mol. The van der Waals surface area contributed by atoms with Crippen molar-refractivity contribution in [2.45, 2.75) is 12.5 Å². The molecule has 1 heterocycles. The molecule has 0 bridgehead atoms. The number of ether oxygens (including phenoxy) is 1. The van der Waals surface area contributed by atoms with Gasteiger partial charge in [0.2, 0.25) is 0 Å². The van der Waals surface area contributed by atoms with Crippen molar-refractivity contribution in [3.63, 3.8) is 0 Å². The summed E-state index contributed by atoms with van der Waals surface area (Å²) < 4.78 is 18.4. The maximum atomic E-state index is 13.0. The van der Waals surface area contributed by atoms with Gasteiger partial charge in [0.15, 0.2) is 6.10 Å². The van der Waals surface area contributed by atoms with Crippen LogP contribution in [-0.4, -0.2) is 42.2 Å². The first-order valence-electron chi connectivity index (χ1n) is 5.42. The van der Waals surface area contributed by atoms with Crippen LogP contribution >= 0.6 is 0 Å². The van der Waals surface area contributed by atoms with E-state index in [0.29, 0.717) is 17.7 Å². The van der Waals surface area contributed by atoms with Gasteiger partial charge in [-0.05, 0) is 18.2 Å². The lowest BCUT2D eigenvalue weighted by Gasteiger charge is -2.19. The molecule has 2 rings (SSSR count). The molecule has 0 fully saturated rings. The first kappa shape index (κ1) is 11.9. The number of carbonyl (C=O) groups is 1. The van der Waals surface area contributed by atoms with Crippen LogP contribution in [0.5, 0.6) is 5.75 Å². The van der Waals surface area contributed by atoms with Gasteiger partial charge in [0, 0.05) is 25.6 Å². The van der Waals surface area contributed by atoms with E-state index in [9.17, 15) is 9.18 Å². The van der Waals surface area contributed by atoms with E-state index in [1.54, 1.807) is 7.05 Å². The topological polar surface area (TPSA) is 49.8 Å². The normalized spacial score (nSPS) is 17.5. The van der Waals surface area contributed by atoms with Gasteiger partial charge in [-0.25, -0.2) is 4.39 Å². The first-order valence-corrected chi connectivity index (χ1v) is 5.42. The van der Waals surface area contributed by atoms with Crippen LogP contribution in [0, 0.1) is 5.82 Å². The Morgan fingerprint density at radius 1 is 1.65 bits per heavy atom. The summed E-state index contributed by atoms with van der Waals surface area (Å²) in [4.78, 5) is 13.3. The van der Waals surface area contributed by atoms with Crippen LogP contribution in [-0.2, 0) is 11.2 Å². The summed E-state index contributed by atoms with van der Waals surface area (Å²) in [5.41, 5.74) is 0.709. The number of likely N-dealkylation sites (N-methyl/N-ethyl adjacent to an activating group) is 1. The summed E-state index contributed by atoms with van der Waals surface area (Å²) in [6.07, 6.45) is -0.231. The minimum Gasteiger partial charge on any atom is -0.480 e. The molecule has 0 saturated heterocycles. The minimum absolute atomic E-state index is 0.0868. The number of benzene rings is 1. The number of nitrogens with zero attached hydrogens (tertiary/aromatic N) is 1. The van der Waals surface area contributed by atoms with Crippen molar-refractivity contribution in [3.8, 4) is 5.75 Å². The van der Waals surface area contributed by atoms with E-state index in [4.69, 9.17) is 9.84 Å². The van der Waals surface area contributed by atoms with Gasteiger partial charge < -0.3 is 14.7 Å². The van der Waals surface area contributed by atoms with Gasteiger partial charge >= 0.3 is 0 Å². The Bertz CT molecular complexity index is 436. The Kier molecular flexibility index (Phi) is 3.28. The zero-order valence-corrected chi connectivity index (χ0v) is 9.52. The highest BCUT2D eigenvalue weighted by atomic mass is 19.1. The fourth-order valence-electron chi connectivity index (χ4n) is 1.86. The van der Waals surface area contributed by atoms with E-state index < -0.39 is 6.10 Å². The smallest absolute Gasteiger partial charge is 0.263 e. The Morgan fingerprint density at radius 2 is 2.41 bits per heavy atom. The maximum absolute atomic E-state index is 13.0. The van der Waals surface area contributed by atoms with E-state index in [0.717, 1.165) is 0 Å². The van der Waals surface area contributed by atoms with Crippen LogP contribution in [0.1, 0.15) is 5.56 Å². The molecule has 1 aliphatic heterocycles. The molecular formula is C12H14FNO3. The lowest BCUT2D eigenvalue weighted by molar-refractivity contribution is -0.137. The number of fused-ring (bicyclic) bond motifs is 1. The van der Waals surface area contributed by atoms with Crippen molar-refractivity contribution < 1.29 is 19.0 Å². The lowest BCUT2D eigenvalue weighted by Crippen LogP contribution is -2.40. The largest absolute Gasteiger partial charge is 0.480 e. The van der Waals surface area contributed by atoms with Gasteiger partial charge in [0.1, 0.15) is 11.6 Å². The molecule has 0 saturated carbocycles. The molecule has 1 aromatic carbocycles. The zero-order valence-electron chi connectivity index (χ0n) is 9.52. The Labute approximate surface area is 98.6 Å². The average molecular weight is 239 g/mol. The molecule has 1 atom stereocenters. The summed E-state index contributed by atoms with van der Waals surface area (Å²) in [6, 6.07) is 4.22. The van der Waals surface area contributed by atoms with Crippen molar-refractivity contribution in [2.24, 2.45) is 0 Å². The number of hydrogen-bond donors (Lipinski definition) is 1. The standard InChI is InChI=1S/C12H14FNO3/c1-14(4-5-15)12(16)11-7-8-6-9(13)2-3-10(8)17-11/h2-3,6,11,15H,4-5,7H2,1H3. The van der Waals surface area contributed by atoms with E-state index >= 15 is 0 Å². The van der Waals surface area contributed by atoms with Crippen LogP contribution in [0.4, 0.5) is 4.39 Å². The predicted molar refractivity (Wildman–Crippen MR) is 59.2 cm³/mol. The monoisotopic (exact) mass is 239 g/mol. The molecule has 1 aliphatic rings. The first-order chi connectivity index (χ1) is 8.11. The molecule has 1 unspecified atom stereocenters. The average Bonchev–Trinajstić information content (AvgIpc) is 2.71. The molecule has 4 nitrogen and oxygen atoms in total. The molecule has 0 aliphatic carbocycles. The van der Waals surface area contributed by atoms with Gasteiger partial charge in [-0.1, -0.05) is 0 Å². The Morgan fingerprint density at radius 3 is 3.12 bits per heavy atom. The highest BCUT2D eigenvalue weighted by Crippen LogP contribution is 2.29. The second kappa shape index (κ2) is 4.71. The second-order valence-electron chi connectivity index (χ2n) is 4.05. The molecule has 92 valence electrons. The van der Waals surface area contributed by atoms with Gasteiger partial charge in [0.25, 0.3) is 5.91 Å². The molecule has 1 amide bonds. The van der Waals surface area contributed by atoms with Gasteiger partial charge in [-0.15, -0.1) is 0 Å². The molecule has 0 spiro atoms. The number of hydrogen-bond acceptors (Lipinski definition) is 3. The van der Waals surface area contributed by atoms with E-state index in [-0.39, 0.29) is 24.9 Å². The van der Waals surface area contributed by atoms with Crippen LogP contribution < -0.4 is 4.74 Å². The van der Waals surface area contributed by atoms with Crippen molar-refractivity contribution in [2.75, 3.05) is 20.2 Å². The number of amides is 1. The fraction of sp³-hybridized carbons (Fsp3) is 0.417. The van der Waals surface area contributed by atoms with E-state index in [1.807, 2.05) is 0 Å². The van der Waals surface area contributed by atoms with E-state index in [2.05, 4.69) is 0 Å². The van der Waals surface area contributed by atoms with Gasteiger partial charge in [0.05, 0.1) is 6.61 Å². The predicted octanol–water partition coefficient (Wildman–Crippen LogP) is 0.580. The van der Waals surface area contributed by atoms with Crippen molar-refractivity contribution >= 4 is 5.91 Å². The molecule has 0 radical (unpaired) electrons. The second-order valence-corrected chi connectivity index (χ2v) is 4.05. The van der Waals surface area contributed by atoms with Crippen LogP contribution in [0.25, 0.3) is 0 Å². The Balaban J connectivity index is 2.07. The third kappa shape index (κ3) is 2.39. The van der Waals surface area contributed by atoms with Crippen molar-refractivity contribution in [1.82, 2.24) is 4.90 Å². The number of rotatable bonds is 3. The summed E-state index contributed by atoms with van der Waals surface area (Å²) in [5.74, 6) is 0.0296. The molecule has 1 N–H and O–H groups in total. The highest BCUT2D eigenvalue weighted by Gasteiger charge is 2.31. The fourth-order valence-corrected chi connectivity index (χ4v) is 1.86. The quantitative estimate of drug-likeness (QED) is 0.839. The maximum Gasteiger partial charge on any atom is 0.263 e. The molecule has 17 heavy (non-hydrogen) atoms. The molecule has 5 heteroatoms. The van der Waals surface area contributed by atoms with E-state index in [1.165, 1.54) is 23.1 Å². The van der Waals surface area contributed by atoms with Gasteiger partial charge in [-0.3, -0.25) is 4.79 Å². The van der Waals surface area contributed by atoms with Crippen LogP contribution in [0.3, 0.4) is 0 Å². The number of halogens is 1. The third-order valence-electron chi connectivity index (χ3n) is 2.78. The minimum atomic E-state index is -0.608. The van der Waals surface area contributed by atoms with Crippen LogP contribution in [0.15, 0.2) is 18.2 Å². The summed E-state index contributed by atoms with van der Waals surface area (Å²) in [6.45, 7) is 0.180. The summed E-state index contributed by atoms with van der Waals surface area (Å²) in [7, 11) is 1.60. The van der Waals surface area contributed by atoms with Crippen LogP contribution in [0.2, 0.25) is 0 Å². The molecule has 1 aromatic rings. The Hall–Kier alpha value is -1.62. The number of carbonyl (C=O) groups excluding carboxylic acids is 1. The molecule has 0 aromatic heterocycles. The number of aliphatic hydroxyl groups is 1. The van der Waals surface area contributed by atoms with Gasteiger partial charge in [-0.2, -0.15) is 0 Å².